The number of hydrogen-bond donors (Lipinski definition) is 2. The van der Waals surface area contributed by atoms with Crippen LogP contribution in [0.15, 0.2) is 65.6 Å². The summed E-state index contributed by atoms with van der Waals surface area (Å²) in [5.41, 5.74) is 2.18. The number of ketones is 1. The van der Waals surface area contributed by atoms with Crippen molar-refractivity contribution in [3.8, 4) is 5.75 Å². The molecule has 1 amide bonds. The molecule has 0 saturated carbocycles. The highest BCUT2D eigenvalue weighted by atomic mass is 35.5. The monoisotopic (exact) mass is 484 g/mol. The van der Waals surface area contributed by atoms with E-state index in [1.807, 2.05) is 12.1 Å². The van der Waals surface area contributed by atoms with Gasteiger partial charge in [0, 0.05) is 18.2 Å². The van der Waals surface area contributed by atoms with Crippen molar-refractivity contribution >= 4 is 46.4 Å². The van der Waals surface area contributed by atoms with Gasteiger partial charge in [-0.05, 0) is 53.6 Å². The molecule has 2 N–H and O–H groups in total. The Labute approximate surface area is 197 Å². The second kappa shape index (κ2) is 9.66. The summed E-state index contributed by atoms with van der Waals surface area (Å²) in [5, 5.41) is 2.70. The summed E-state index contributed by atoms with van der Waals surface area (Å²) in [6, 6.07) is 15.8. The van der Waals surface area contributed by atoms with Gasteiger partial charge in [-0.3, -0.25) is 9.59 Å². The van der Waals surface area contributed by atoms with E-state index in [1.54, 1.807) is 31.4 Å². The summed E-state index contributed by atoms with van der Waals surface area (Å²) in [4.78, 5) is 25.7. The van der Waals surface area contributed by atoms with E-state index in [9.17, 15) is 18.5 Å². The lowest BCUT2D eigenvalue weighted by molar-refractivity contribution is 0.0951. The van der Waals surface area contributed by atoms with E-state index in [-0.39, 0.29) is 27.0 Å². The van der Waals surface area contributed by atoms with Crippen molar-refractivity contribution < 1.29 is 23.3 Å². The molecular weight excluding hydrogens is 467 g/mol. The van der Waals surface area contributed by atoms with Gasteiger partial charge in [-0.2, -0.15) is 0 Å². The van der Waals surface area contributed by atoms with Crippen LogP contribution in [0.25, 0.3) is 6.08 Å². The molecule has 0 aliphatic carbocycles. The second-order valence-corrected chi connectivity index (χ2v) is 8.76. The summed E-state index contributed by atoms with van der Waals surface area (Å²) in [7, 11) is 1.58. The van der Waals surface area contributed by atoms with E-state index in [1.165, 1.54) is 24.3 Å². The summed E-state index contributed by atoms with van der Waals surface area (Å²) in [6.07, 6.45) is 1.39. The Balaban J connectivity index is 1.54. The van der Waals surface area contributed by atoms with Gasteiger partial charge in [0.25, 0.3) is 5.91 Å². The Morgan fingerprint density at radius 3 is 2.64 bits per heavy atom. The zero-order valence-electron chi connectivity index (χ0n) is 17.4. The normalized spacial score (nSPS) is 16.2. The predicted molar refractivity (Wildman–Crippen MR) is 126 cm³/mol. The standard InChI is InChI=1S/C24H18ClFN2O4S/c1-32-17-6-2-14(3-7-17)13-27-24(30)16-5-9-21-18(12-16)23(29)22(33(31)28-21)11-15-4-8-20(26)19(25)10-15/h2-12,28H,13H2,1H3,(H,27,30)/b22-11+. The second-order valence-electron chi connectivity index (χ2n) is 7.17. The van der Waals surface area contributed by atoms with Gasteiger partial charge in [0.05, 0.1) is 23.4 Å². The zero-order chi connectivity index (χ0) is 23.5. The highest BCUT2D eigenvalue weighted by molar-refractivity contribution is 7.97. The number of Topliss-reactive ketones (excluding diaryl/α,β-unsaturated/α-hetero) is 1. The maximum Gasteiger partial charge on any atom is 0.251 e. The Morgan fingerprint density at radius 2 is 1.94 bits per heavy atom. The third kappa shape index (κ3) is 5.03. The summed E-state index contributed by atoms with van der Waals surface area (Å²) in [6.45, 7) is 0.298. The van der Waals surface area contributed by atoms with Crippen LogP contribution < -0.4 is 14.8 Å². The van der Waals surface area contributed by atoms with Crippen LogP contribution in [0.1, 0.15) is 31.8 Å². The maximum atomic E-state index is 13.4. The molecule has 1 aliphatic heterocycles. The Morgan fingerprint density at radius 1 is 1.18 bits per heavy atom. The van der Waals surface area contributed by atoms with Crippen LogP contribution in [0, 0.1) is 5.82 Å². The molecule has 0 saturated heterocycles. The third-order valence-electron chi connectivity index (χ3n) is 5.01. The molecule has 0 fully saturated rings. The molecule has 0 bridgehead atoms. The molecule has 1 heterocycles. The average Bonchev–Trinajstić information content (AvgIpc) is 2.82. The third-order valence-corrected chi connectivity index (χ3v) is 6.40. The Kier molecular flexibility index (Phi) is 6.69. The van der Waals surface area contributed by atoms with Gasteiger partial charge in [0.2, 0.25) is 10.7 Å². The summed E-state index contributed by atoms with van der Waals surface area (Å²) in [5.74, 6) is -0.727. The number of benzene rings is 3. The van der Waals surface area contributed by atoms with E-state index >= 15 is 0 Å². The van der Waals surface area contributed by atoms with E-state index in [4.69, 9.17) is 16.3 Å². The van der Waals surface area contributed by atoms with E-state index in [2.05, 4.69) is 10.0 Å². The molecule has 4 rings (SSSR count). The van der Waals surface area contributed by atoms with E-state index in [0.717, 1.165) is 17.4 Å². The zero-order valence-corrected chi connectivity index (χ0v) is 18.9. The van der Waals surface area contributed by atoms with Gasteiger partial charge >= 0.3 is 0 Å². The van der Waals surface area contributed by atoms with Crippen molar-refractivity contribution in [1.82, 2.24) is 5.32 Å². The van der Waals surface area contributed by atoms with E-state index in [0.29, 0.717) is 17.8 Å². The minimum absolute atomic E-state index is 0.0269. The molecular formula is C24H18ClFN2O4S. The van der Waals surface area contributed by atoms with Crippen molar-refractivity contribution in [2.24, 2.45) is 0 Å². The van der Waals surface area contributed by atoms with Crippen LogP contribution in [-0.2, 0) is 17.9 Å². The number of hydrogen-bond acceptors (Lipinski definition) is 5. The van der Waals surface area contributed by atoms with Crippen molar-refractivity contribution in [1.29, 1.82) is 0 Å². The number of methoxy groups -OCH3 is 1. The van der Waals surface area contributed by atoms with Crippen LogP contribution in [0.2, 0.25) is 5.02 Å². The first kappa shape index (κ1) is 22.8. The number of amides is 1. The maximum absolute atomic E-state index is 13.4. The Bertz CT molecular complexity index is 1260. The lowest BCUT2D eigenvalue weighted by Gasteiger charge is -2.21. The molecule has 168 valence electrons. The quantitative estimate of drug-likeness (QED) is 0.403. The molecule has 1 unspecified atom stereocenters. The smallest absolute Gasteiger partial charge is 0.251 e. The number of carbonyl (C=O) groups is 2. The van der Waals surface area contributed by atoms with Crippen LogP contribution in [0.5, 0.6) is 5.75 Å². The van der Waals surface area contributed by atoms with Crippen molar-refractivity contribution in [3.05, 3.63) is 98.7 Å². The SMILES string of the molecule is COc1ccc(CNC(=O)c2ccc3c(c2)C(=O)/C(=C\c2ccc(F)c(Cl)c2)[S+]([O-])N3)cc1. The number of halogens is 2. The minimum atomic E-state index is -1.82. The molecule has 33 heavy (non-hydrogen) atoms. The van der Waals surface area contributed by atoms with Gasteiger partial charge in [-0.1, -0.05) is 29.8 Å². The Hall–Kier alpha value is -3.33. The summed E-state index contributed by atoms with van der Waals surface area (Å²) >= 11 is 3.98. The number of allylic oxidation sites excluding steroid dienone is 1. The van der Waals surface area contributed by atoms with Crippen LogP contribution in [0.3, 0.4) is 0 Å². The molecule has 6 nitrogen and oxygen atoms in total. The molecule has 3 aromatic carbocycles. The molecule has 9 heteroatoms. The van der Waals surface area contributed by atoms with E-state index < -0.39 is 23.0 Å². The molecule has 0 spiro atoms. The summed E-state index contributed by atoms with van der Waals surface area (Å²) < 4.78 is 33.9. The van der Waals surface area contributed by atoms with Crippen LogP contribution in [0.4, 0.5) is 10.1 Å². The molecule has 0 aromatic heterocycles. The average molecular weight is 485 g/mol. The first-order chi connectivity index (χ1) is 15.9. The highest BCUT2D eigenvalue weighted by Crippen LogP contribution is 2.32. The lowest BCUT2D eigenvalue weighted by atomic mass is 10.0. The number of fused-ring (bicyclic) bond motifs is 1. The van der Waals surface area contributed by atoms with Gasteiger partial charge in [0.15, 0.2) is 0 Å². The van der Waals surface area contributed by atoms with Crippen molar-refractivity contribution in [3.63, 3.8) is 0 Å². The van der Waals surface area contributed by atoms with Gasteiger partial charge < -0.3 is 14.6 Å². The van der Waals surface area contributed by atoms with Gasteiger partial charge in [-0.25, -0.2) is 9.11 Å². The topological polar surface area (TPSA) is 90.5 Å². The number of anilines is 1. The molecule has 3 aromatic rings. The fourth-order valence-electron chi connectivity index (χ4n) is 3.23. The molecule has 0 radical (unpaired) electrons. The predicted octanol–water partition coefficient (Wildman–Crippen LogP) is 4.73. The number of carbonyl (C=O) groups excluding carboxylic acids is 2. The van der Waals surface area contributed by atoms with Crippen molar-refractivity contribution in [2.45, 2.75) is 6.54 Å². The first-order valence-corrected chi connectivity index (χ1v) is 11.3. The first-order valence-electron chi connectivity index (χ1n) is 9.81. The minimum Gasteiger partial charge on any atom is -0.588 e. The lowest BCUT2D eigenvalue weighted by Crippen LogP contribution is -2.28. The van der Waals surface area contributed by atoms with Crippen molar-refractivity contribution in [2.75, 3.05) is 11.8 Å². The largest absolute Gasteiger partial charge is 0.588 e. The fourth-order valence-corrected chi connectivity index (χ4v) is 4.43. The molecule has 1 aliphatic rings. The van der Waals surface area contributed by atoms with Gasteiger partial charge in [0.1, 0.15) is 22.9 Å². The fraction of sp³-hybridized carbons (Fsp3) is 0.0833. The van der Waals surface area contributed by atoms with Crippen LogP contribution in [-0.4, -0.2) is 23.4 Å². The van der Waals surface area contributed by atoms with Crippen LogP contribution >= 0.6 is 11.6 Å². The number of rotatable bonds is 5. The molecule has 1 atom stereocenters. The van der Waals surface area contributed by atoms with Gasteiger partial charge in [-0.15, -0.1) is 0 Å². The number of ether oxygens (including phenoxy) is 1. The number of nitrogens with one attached hydrogen (secondary N) is 2. The highest BCUT2D eigenvalue weighted by Gasteiger charge is 2.34.